The number of aryl methyl sites for hydroxylation is 1. The van der Waals surface area contributed by atoms with Crippen LogP contribution >= 0.6 is 0 Å². The number of ketones is 1. The number of Topliss-reactive ketones (excluding diaryl/α,β-unsaturated/α-hetero) is 1. The Hall–Kier alpha value is -2.13. The molecular formula is C19H21NO2. The fraction of sp³-hybridized carbons (Fsp3) is 0.316. The van der Waals surface area contributed by atoms with Crippen molar-refractivity contribution in [2.45, 2.75) is 19.4 Å². The summed E-state index contributed by atoms with van der Waals surface area (Å²) in [5, 5.41) is 3.51. The summed E-state index contributed by atoms with van der Waals surface area (Å²) < 4.78 is 5.56. The van der Waals surface area contributed by atoms with Crippen molar-refractivity contribution in [2.24, 2.45) is 5.92 Å². The number of para-hydroxylation sites is 1. The summed E-state index contributed by atoms with van der Waals surface area (Å²) in [6.45, 7) is 3.09. The number of nitrogens with one attached hydrogen (secondary N) is 1. The highest BCUT2D eigenvalue weighted by Gasteiger charge is 2.32. The molecule has 2 atom stereocenters. The van der Waals surface area contributed by atoms with Crippen molar-refractivity contribution in [1.29, 1.82) is 0 Å². The molecule has 0 aromatic heterocycles. The van der Waals surface area contributed by atoms with Crippen LogP contribution in [0.4, 0.5) is 5.69 Å². The quantitative estimate of drug-likeness (QED) is 0.933. The number of ether oxygens (including phenoxy) is 1. The molecule has 0 unspecified atom stereocenters. The number of rotatable bonds is 4. The van der Waals surface area contributed by atoms with Crippen LogP contribution < -0.4 is 5.32 Å². The highest BCUT2D eigenvalue weighted by Crippen LogP contribution is 2.30. The Morgan fingerprint density at radius 1 is 1.09 bits per heavy atom. The molecule has 1 heterocycles. The van der Waals surface area contributed by atoms with Gasteiger partial charge in [0, 0.05) is 12.1 Å². The van der Waals surface area contributed by atoms with Gasteiger partial charge >= 0.3 is 0 Å². The minimum atomic E-state index is -0.142. The second-order valence-electron chi connectivity index (χ2n) is 5.80. The van der Waals surface area contributed by atoms with E-state index in [4.69, 9.17) is 4.74 Å². The maximum Gasteiger partial charge on any atom is 0.142 e. The van der Waals surface area contributed by atoms with Crippen LogP contribution in [0.2, 0.25) is 0 Å². The third kappa shape index (κ3) is 3.37. The molecule has 1 aliphatic rings. The summed E-state index contributed by atoms with van der Waals surface area (Å²) in [5.74, 6) is 0.136. The number of hydrogen-bond donors (Lipinski definition) is 1. The normalized spacial score (nSPS) is 19.7. The number of hydrogen-bond acceptors (Lipinski definition) is 3. The molecular weight excluding hydrogens is 274 g/mol. The van der Waals surface area contributed by atoms with Gasteiger partial charge in [-0.2, -0.15) is 0 Å². The second kappa shape index (κ2) is 6.75. The van der Waals surface area contributed by atoms with E-state index in [1.54, 1.807) is 0 Å². The SMILES string of the molecule is Cc1ccc([C@@H](Nc2ccccc2)[C@H]2COCCC2=O)cc1. The molecule has 2 aromatic rings. The Balaban J connectivity index is 1.90. The first-order valence-corrected chi connectivity index (χ1v) is 7.72. The molecule has 1 N–H and O–H groups in total. The predicted octanol–water partition coefficient (Wildman–Crippen LogP) is 3.75. The monoisotopic (exact) mass is 295 g/mol. The Labute approximate surface area is 131 Å². The maximum atomic E-state index is 12.3. The Morgan fingerprint density at radius 3 is 2.50 bits per heavy atom. The minimum Gasteiger partial charge on any atom is -0.380 e. The molecule has 3 heteroatoms. The van der Waals surface area contributed by atoms with Gasteiger partial charge in [-0.1, -0.05) is 48.0 Å². The maximum absolute atomic E-state index is 12.3. The zero-order valence-corrected chi connectivity index (χ0v) is 12.8. The molecule has 0 amide bonds. The van der Waals surface area contributed by atoms with Gasteiger partial charge < -0.3 is 10.1 Å². The van der Waals surface area contributed by atoms with Crippen molar-refractivity contribution >= 4 is 11.5 Å². The first kappa shape index (κ1) is 14.8. The van der Waals surface area contributed by atoms with E-state index in [1.165, 1.54) is 5.56 Å². The summed E-state index contributed by atoms with van der Waals surface area (Å²) in [6.07, 6.45) is 0.503. The Bertz CT molecular complexity index is 622. The zero-order chi connectivity index (χ0) is 15.4. The van der Waals surface area contributed by atoms with E-state index in [9.17, 15) is 4.79 Å². The average Bonchev–Trinajstić information content (AvgIpc) is 2.55. The van der Waals surface area contributed by atoms with Crippen LogP contribution in [0.1, 0.15) is 23.6 Å². The second-order valence-corrected chi connectivity index (χ2v) is 5.80. The molecule has 1 aliphatic heterocycles. The summed E-state index contributed by atoms with van der Waals surface area (Å²) in [7, 11) is 0. The molecule has 1 fully saturated rings. The van der Waals surface area contributed by atoms with Crippen molar-refractivity contribution in [3.63, 3.8) is 0 Å². The van der Waals surface area contributed by atoms with Gasteiger partial charge in [0.15, 0.2) is 0 Å². The Morgan fingerprint density at radius 2 is 1.82 bits per heavy atom. The molecule has 0 spiro atoms. The van der Waals surface area contributed by atoms with Crippen LogP contribution in [0.15, 0.2) is 54.6 Å². The van der Waals surface area contributed by atoms with Crippen LogP contribution in [0.5, 0.6) is 0 Å². The van der Waals surface area contributed by atoms with E-state index in [-0.39, 0.29) is 17.7 Å². The molecule has 0 aliphatic carbocycles. The van der Waals surface area contributed by atoms with Crippen LogP contribution in [-0.2, 0) is 9.53 Å². The van der Waals surface area contributed by atoms with Gasteiger partial charge in [0.2, 0.25) is 0 Å². The lowest BCUT2D eigenvalue weighted by atomic mass is 9.87. The van der Waals surface area contributed by atoms with E-state index in [1.807, 2.05) is 30.3 Å². The van der Waals surface area contributed by atoms with E-state index >= 15 is 0 Å². The minimum absolute atomic E-state index is 0.0594. The summed E-state index contributed by atoms with van der Waals surface area (Å²) >= 11 is 0. The first-order chi connectivity index (χ1) is 10.7. The van der Waals surface area contributed by atoms with Gasteiger partial charge in [-0.3, -0.25) is 4.79 Å². The zero-order valence-electron chi connectivity index (χ0n) is 12.8. The number of benzene rings is 2. The fourth-order valence-electron chi connectivity index (χ4n) is 2.85. The molecule has 0 saturated carbocycles. The van der Waals surface area contributed by atoms with Gasteiger partial charge in [0.05, 0.1) is 25.2 Å². The van der Waals surface area contributed by atoms with Crippen molar-refractivity contribution in [3.05, 3.63) is 65.7 Å². The predicted molar refractivity (Wildman–Crippen MR) is 87.9 cm³/mol. The van der Waals surface area contributed by atoms with Gasteiger partial charge in [-0.05, 0) is 24.6 Å². The van der Waals surface area contributed by atoms with Crippen LogP contribution in [-0.4, -0.2) is 19.0 Å². The third-order valence-electron chi connectivity index (χ3n) is 4.14. The van der Waals surface area contributed by atoms with E-state index in [2.05, 4.69) is 36.5 Å². The van der Waals surface area contributed by atoms with Crippen LogP contribution in [0.3, 0.4) is 0 Å². The molecule has 0 radical (unpaired) electrons. The molecule has 0 bridgehead atoms. The molecule has 2 aromatic carbocycles. The lowest BCUT2D eigenvalue weighted by molar-refractivity contribution is -0.131. The number of carbonyl (C=O) groups excluding carboxylic acids is 1. The van der Waals surface area contributed by atoms with Gasteiger partial charge in [0.25, 0.3) is 0 Å². The average molecular weight is 295 g/mol. The molecule has 22 heavy (non-hydrogen) atoms. The summed E-state index contributed by atoms with van der Waals surface area (Å²) in [4.78, 5) is 12.3. The molecule has 1 saturated heterocycles. The van der Waals surface area contributed by atoms with Crippen LogP contribution in [0.25, 0.3) is 0 Å². The van der Waals surface area contributed by atoms with Crippen molar-refractivity contribution in [1.82, 2.24) is 0 Å². The lowest BCUT2D eigenvalue weighted by Gasteiger charge is -2.31. The van der Waals surface area contributed by atoms with Crippen molar-refractivity contribution in [2.75, 3.05) is 18.5 Å². The lowest BCUT2D eigenvalue weighted by Crippen LogP contribution is -2.35. The molecule has 3 nitrogen and oxygen atoms in total. The van der Waals surface area contributed by atoms with Gasteiger partial charge in [-0.15, -0.1) is 0 Å². The largest absolute Gasteiger partial charge is 0.380 e. The fourth-order valence-corrected chi connectivity index (χ4v) is 2.85. The van der Waals surface area contributed by atoms with Crippen molar-refractivity contribution in [3.8, 4) is 0 Å². The first-order valence-electron chi connectivity index (χ1n) is 7.72. The van der Waals surface area contributed by atoms with E-state index < -0.39 is 0 Å². The number of anilines is 1. The standard InChI is InChI=1S/C19H21NO2/c1-14-7-9-15(10-8-14)19(17-13-22-12-11-18(17)21)20-16-5-3-2-4-6-16/h2-10,17,19-20H,11-13H2,1H3/t17-,19+/m0/s1. The number of carbonyl (C=O) groups is 1. The highest BCUT2D eigenvalue weighted by atomic mass is 16.5. The smallest absolute Gasteiger partial charge is 0.142 e. The highest BCUT2D eigenvalue weighted by molar-refractivity contribution is 5.83. The molecule has 3 rings (SSSR count). The van der Waals surface area contributed by atoms with E-state index in [0.29, 0.717) is 19.6 Å². The van der Waals surface area contributed by atoms with Gasteiger partial charge in [-0.25, -0.2) is 0 Å². The summed E-state index contributed by atoms with van der Waals surface area (Å²) in [6, 6.07) is 18.3. The Kier molecular flexibility index (Phi) is 4.54. The summed E-state index contributed by atoms with van der Waals surface area (Å²) in [5.41, 5.74) is 3.36. The van der Waals surface area contributed by atoms with E-state index in [0.717, 1.165) is 11.3 Å². The van der Waals surface area contributed by atoms with Crippen molar-refractivity contribution < 1.29 is 9.53 Å². The van der Waals surface area contributed by atoms with Crippen LogP contribution in [0, 0.1) is 12.8 Å². The third-order valence-corrected chi connectivity index (χ3v) is 4.14. The topological polar surface area (TPSA) is 38.3 Å². The van der Waals surface area contributed by atoms with Gasteiger partial charge in [0.1, 0.15) is 5.78 Å². The molecule has 114 valence electrons.